The minimum atomic E-state index is -0.296. The van der Waals surface area contributed by atoms with Crippen molar-refractivity contribution in [3.05, 3.63) is 35.6 Å². The van der Waals surface area contributed by atoms with E-state index < -0.39 is 0 Å². The van der Waals surface area contributed by atoms with Crippen molar-refractivity contribution in [2.75, 3.05) is 0 Å². The molecular formula is C12H17FN2O. The molecule has 4 heteroatoms. The second kappa shape index (κ2) is 5.49. The van der Waals surface area contributed by atoms with Gasteiger partial charge in [-0.25, -0.2) is 9.18 Å². The Kier molecular flexibility index (Phi) is 4.28. The Morgan fingerprint density at radius 3 is 2.50 bits per heavy atom. The lowest BCUT2D eigenvalue weighted by atomic mass is 10.1. The summed E-state index contributed by atoms with van der Waals surface area (Å²) >= 11 is 0. The largest absolute Gasteiger partial charge is 0.336 e. The van der Waals surface area contributed by atoms with Crippen molar-refractivity contribution in [1.29, 1.82) is 0 Å². The Morgan fingerprint density at radius 1 is 1.25 bits per heavy atom. The highest BCUT2D eigenvalue weighted by Crippen LogP contribution is 2.12. The molecule has 0 saturated heterocycles. The summed E-state index contributed by atoms with van der Waals surface area (Å²) in [4.78, 5) is 11.4. The summed E-state index contributed by atoms with van der Waals surface area (Å²) in [5, 5.41) is 5.45. The van der Waals surface area contributed by atoms with Crippen molar-refractivity contribution in [2.24, 2.45) is 0 Å². The molecule has 0 fully saturated rings. The van der Waals surface area contributed by atoms with E-state index in [2.05, 4.69) is 10.6 Å². The first-order valence-corrected chi connectivity index (χ1v) is 5.31. The molecule has 1 unspecified atom stereocenters. The second-order valence-corrected chi connectivity index (χ2v) is 4.05. The second-order valence-electron chi connectivity index (χ2n) is 4.05. The molecule has 2 amide bonds. The maximum atomic E-state index is 12.9. The Bertz CT molecular complexity index is 366. The molecule has 0 aliphatic rings. The van der Waals surface area contributed by atoms with Crippen molar-refractivity contribution in [3.63, 3.8) is 0 Å². The number of hydrogen-bond acceptors (Lipinski definition) is 1. The molecule has 1 aromatic carbocycles. The summed E-state index contributed by atoms with van der Waals surface area (Å²) in [6.07, 6.45) is 0. The van der Waals surface area contributed by atoms with Crippen molar-refractivity contribution in [3.8, 4) is 0 Å². The molecule has 0 spiro atoms. The number of hydrogen-bond donors (Lipinski definition) is 2. The van der Waals surface area contributed by atoms with Crippen LogP contribution in [0.5, 0.6) is 0 Å². The van der Waals surface area contributed by atoms with Gasteiger partial charge in [0.25, 0.3) is 0 Å². The number of benzene rings is 1. The number of amides is 2. The lowest BCUT2D eigenvalue weighted by Gasteiger charge is -2.16. The van der Waals surface area contributed by atoms with E-state index in [1.54, 1.807) is 12.1 Å². The molecule has 1 atom stereocenters. The Balaban J connectivity index is 2.58. The van der Waals surface area contributed by atoms with Gasteiger partial charge in [0.15, 0.2) is 0 Å². The van der Waals surface area contributed by atoms with Gasteiger partial charge in [-0.3, -0.25) is 0 Å². The van der Waals surface area contributed by atoms with Crippen molar-refractivity contribution in [2.45, 2.75) is 32.9 Å². The van der Waals surface area contributed by atoms with Gasteiger partial charge in [0.2, 0.25) is 0 Å². The maximum Gasteiger partial charge on any atom is 0.315 e. The molecule has 0 aliphatic carbocycles. The summed E-state index contributed by atoms with van der Waals surface area (Å²) in [5.74, 6) is -0.296. The number of carbonyl (C=O) groups excluding carboxylic acids is 1. The van der Waals surface area contributed by atoms with Gasteiger partial charge in [-0.05, 0) is 38.5 Å². The molecule has 88 valence electrons. The molecule has 1 rings (SSSR count). The van der Waals surface area contributed by atoms with Gasteiger partial charge >= 0.3 is 6.03 Å². The fraction of sp³-hybridized carbons (Fsp3) is 0.417. The lowest BCUT2D eigenvalue weighted by Crippen LogP contribution is -2.40. The van der Waals surface area contributed by atoms with Crippen LogP contribution in [0.2, 0.25) is 0 Å². The predicted octanol–water partition coefficient (Wildman–Crippen LogP) is 2.59. The van der Waals surface area contributed by atoms with Crippen LogP contribution in [-0.4, -0.2) is 12.1 Å². The number of carbonyl (C=O) groups is 1. The van der Waals surface area contributed by atoms with Crippen LogP contribution in [0, 0.1) is 5.82 Å². The minimum absolute atomic E-state index is 0.0831. The molecule has 1 aromatic rings. The van der Waals surface area contributed by atoms with Crippen LogP contribution in [-0.2, 0) is 0 Å². The molecule has 0 radical (unpaired) electrons. The summed E-state index contributed by atoms with van der Waals surface area (Å²) in [7, 11) is 0. The zero-order chi connectivity index (χ0) is 12.1. The third-order valence-corrected chi connectivity index (χ3v) is 2.12. The standard InChI is InChI=1S/C12H17FN2O/c1-8(2)14-12(16)15-9(3)10-5-4-6-11(13)7-10/h4-9H,1-3H3,(H2,14,15,16). The first kappa shape index (κ1) is 12.5. The normalized spacial score (nSPS) is 12.3. The van der Waals surface area contributed by atoms with E-state index in [0.29, 0.717) is 0 Å². The van der Waals surface area contributed by atoms with E-state index in [-0.39, 0.29) is 23.9 Å². The predicted molar refractivity (Wildman–Crippen MR) is 61.6 cm³/mol. The minimum Gasteiger partial charge on any atom is -0.336 e. The lowest BCUT2D eigenvalue weighted by molar-refractivity contribution is 0.235. The quantitative estimate of drug-likeness (QED) is 0.814. The smallest absolute Gasteiger partial charge is 0.315 e. The first-order chi connectivity index (χ1) is 7.49. The molecular weight excluding hydrogens is 207 g/mol. The molecule has 16 heavy (non-hydrogen) atoms. The van der Waals surface area contributed by atoms with E-state index in [0.717, 1.165) is 5.56 Å². The topological polar surface area (TPSA) is 41.1 Å². The molecule has 2 N–H and O–H groups in total. The van der Waals surface area contributed by atoms with Gasteiger partial charge in [-0.15, -0.1) is 0 Å². The Morgan fingerprint density at radius 2 is 1.94 bits per heavy atom. The van der Waals surface area contributed by atoms with Crippen LogP contribution in [0.1, 0.15) is 32.4 Å². The molecule has 3 nitrogen and oxygen atoms in total. The SMILES string of the molecule is CC(C)NC(=O)NC(C)c1cccc(F)c1. The Hall–Kier alpha value is -1.58. The third-order valence-electron chi connectivity index (χ3n) is 2.12. The van der Waals surface area contributed by atoms with Crippen molar-refractivity contribution in [1.82, 2.24) is 10.6 Å². The summed E-state index contributed by atoms with van der Waals surface area (Å²) in [6, 6.07) is 5.83. The number of urea groups is 1. The maximum absolute atomic E-state index is 12.9. The van der Waals surface area contributed by atoms with Gasteiger partial charge in [-0.2, -0.15) is 0 Å². The van der Waals surface area contributed by atoms with Crippen molar-refractivity contribution < 1.29 is 9.18 Å². The van der Waals surface area contributed by atoms with Crippen LogP contribution in [0.25, 0.3) is 0 Å². The van der Waals surface area contributed by atoms with Gasteiger partial charge in [0, 0.05) is 6.04 Å². The van der Waals surface area contributed by atoms with Gasteiger partial charge < -0.3 is 10.6 Å². The monoisotopic (exact) mass is 224 g/mol. The molecule has 0 heterocycles. The van der Waals surface area contributed by atoms with Crippen LogP contribution >= 0.6 is 0 Å². The number of nitrogens with one attached hydrogen (secondary N) is 2. The molecule has 0 saturated carbocycles. The number of rotatable bonds is 3. The number of halogens is 1. The summed E-state index contributed by atoms with van der Waals surface area (Å²) < 4.78 is 12.9. The van der Waals surface area contributed by atoms with Gasteiger partial charge in [0.1, 0.15) is 5.82 Å². The fourth-order valence-corrected chi connectivity index (χ4v) is 1.36. The van der Waals surface area contributed by atoms with Crippen LogP contribution in [0.4, 0.5) is 9.18 Å². The first-order valence-electron chi connectivity index (χ1n) is 5.31. The molecule has 0 bridgehead atoms. The molecule has 0 aliphatic heterocycles. The van der Waals surface area contributed by atoms with Crippen LogP contribution < -0.4 is 10.6 Å². The van der Waals surface area contributed by atoms with E-state index in [4.69, 9.17) is 0 Å². The highest BCUT2D eigenvalue weighted by molar-refractivity contribution is 5.74. The van der Waals surface area contributed by atoms with E-state index in [1.807, 2.05) is 20.8 Å². The third kappa shape index (κ3) is 3.88. The molecule has 0 aromatic heterocycles. The zero-order valence-corrected chi connectivity index (χ0v) is 9.75. The van der Waals surface area contributed by atoms with Crippen LogP contribution in [0.15, 0.2) is 24.3 Å². The van der Waals surface area contributed by atoms with E-state index in [9.17, 15) is 9.18 Å². The fourth-order valence-electron chi connectivity index (χ4n) is 1.36. The Labute approximate surface area is 95.0 Å². The van der Waals surface area contributed by atoms with Gasteiger partial charge in [-0.1, -0.05) is 12.1 Å². The summed E-state index contributed by atoms with van der Waals surface area (Å²) in [6.45, 7) is 5.58. The highest BCUT2D eigenvalue weighted by atomic mass is 19.1. The average Bonchev–Trinajstić information content (AvgIpc) is 2.16. The van der Waals surface area contributed by atoms with Crippen molar-refractivity contribution >= 4 is 6.03 Å². The summed E-state index contributed by atoms with van der Waals surface area (Å²) in [5.41, 5.74) is 0.749. The van der Waals surface area contributed by atoms with Crippen LogP contribution in [0.3, 0.4) is 0 Å². The van der Waals surface area contributed by atoms with Gasteiger partial charge in [0.05, 0.1) is 6.04 Å². The highest BCUT2D eigenvalue weighted by Gasteiger charge is 2.10. The average molecular weight is 224 g/mol. The van der Waals surface area contributed by atoms with E-state index >= 15 is 0 Å². The zero-order valence-electron chi connectivity index (χ0n) is 9.75. The van der Waals surface area contributed by atoms with E-state index in [1.165, 1.54) is 12.1 Å².